The largest absolute Gasteiger partial charge is 0.459 e. The lowest BCUT2D eigenvalue weighted by molar-refractivity contribution is 0.0334. The molecule has 0 spiro atoms. The van der Waals surface area contributed by atoms with Gasteiger partial charge in [0.15, 0.2) is 0 Å². The maximum absolute atomic E-state index is 11.6. The lowest BCUT2D eigenvalue weighted by Crippen LogP contribution is -2.13. The Morgan fingerprint density at radius 2 is 2.00 bits per heavy atom. The first-order chi connectivity index (χ1) is 7.17. The highest BCUT2D eigenvalue weighted by Crippen LogP contribution is 2.09. The standard InChI is InChI=1S/C12H15ClO2/c1-3-9(2)15-12(14)11-6-4-10(8-13)5-7-11/h4-7,9H,3,8H2,1-2H3. The van der Waals surface area contributed by atoms with Crippen LogP contribution in [0.25, 0.3) is 0 Å². The van der Waals surface area contributed by atoms with E-state index in [4.69, 9.17) is 16.3 Å². The Kier molecular flexibility index (Phi) is 4.63. The molecule has 0 aliphatic carbocycles. The number of benzene rings is 1. The van der Waals surface area contributed by atoms with Crippen LogP contribution in [-0.2, 0) is 10.6 Å². The van der Waals surface area contributed by atoms with Crippen molar-refractivity contribution in [3.05, 3.63) is 35.4 Å². The molecule has 0 saturated carbocycles. The average molecular weight is 227 g/mol. The first-order valence-electron chi connectivity index (χ1n) is 5.03. The normalized spacial score (nSPS) is 12.2. The lowest BCUT2D eigenvalue weighted by Gasteiger charge is -2.10. The summed E-state index contributed by atoms with van der Waals surface area (Å²) < 4.78 is 5.19. The van der Waals surface area contributed by atoms with Crippen molar-refractivity contribution >= 4 is 17.6 Å². The van der Waals surface area contributed by atoms with Crippen LogP contribution in [-0.4, -0.2) is 12.1 Å². The summed E-state index contributed by atoms with van der Waals surface area (Å²) in [5.74, 6) is 0.186. The predicted molar refractivity (Wildman–Crippen MR) is 61.2 cm³/mol. The van der Waals surface area contributed by atoms with Gasteiger partial charge in [-0.15, -0.1) is 11.6 Å². The number of rotatable bonds is 4. The van der Waals surface area contributed by atoms with E-state index >= 15 is 0 Å². The second-order valence-corrected chi connectivity index (χ2v) is 3.72. The topological polar surface area (TPSA) is 26.3 Å². The molecule has 15 heavy (non-hydrogen) atoms. The Hall–Kier alpha value is -1.02. The summed E-state index contributed by atoms with van der Waals surface area (Å²) in [6.45, 7) is 3.86. The fraction of sp³-hybridized carbons (Fsp3) is 0.417. The Bertz CT molecular complexity index is 319. The SMILES string of the molecule is CCC(C)OC(=O)c1ccc(CCl)cc1. The molecular weight excluding hydrogens is 212 g/mol. The fourth-order valence-corrected chi connectivity index (χ4v) is 1.24. The number of esters is 1. The van der Waals surface area contributed by atoms with Gasteiger partial charge in [0.05, 0.1) is 11.7 Å². The highest BCUT2D eigenvalue weighted by molar-refractivity contribution is 6.17. The summed E-state index contributed by atoms with van der Waals surface area (Å²) in [5.41, 5.74) is 1.57. The van der Waals surface area contributed by atoms with Crippen molar-refractivity contribution in [2.75, 3.05) is 0 Å². The summed E-state index contributed by atoms with van der Waals surface area (Å²) in [4.78, 5) is 11.6. The third kappa shape index (κ3) is 3.56. The summed E-state index contributed by atoms with van der Waals surface area (Å²) in [6.07, 6.45) is 0.788. The van der Waals surface area contributed by atoms with Gasteiger partial charge in [0.25, 0.3) is 0 Å². The van der Waals surface area contributed by atoms with Gasteiger partial charge in [0.1, 0.15) is 0 Å². The molecule has 0 heterocycles. The Morgan fingerprint density at radius 1 is 1.40 bits per heavy atom. The van der Waals surface area contributed by atoms with Crippen molar-refractivity contribution in [1.29, 1.82) is 0 Å². The van der Waals surface area contributed by atoms with Crippen molar-refractivity contribution < 1.29 is 9.53 Å². The van der Waals surface area contributed by atoms with E-state index in [9.17, 15) is 4.79 Å². The van der Waals surface area contributed by atoms with E-state index in [1.54, 1.807) is 12.1 Å². The molecule has 1 unspecified atom stereocenters. The molecule has 3 heteroatoms. The molecule has 0 aliphatic heterocycles. The third-order valence-corrected chi connectivity index (χ3v) is 2.54. The molecule has 1 aromatic rings. The van der Waals surface area contributed by atoms with Gasteiger partial charge in [0.2, 0.25) is 0 Å². The van der Waals surface area contributed by atoms with Crippen molar-refractivity contribution in [2.24, 2.45) is 0 Å². The van der Waals surface area contributed by atoms with E-state index in [1.807, 2.05) is 26.0 Å². The van der Waals surface area contributed by atoms with E-state index in [2.05, 4.69) is 0 Å². The van der Waals surface area contributed by atoms with Gasteiger partial charge in [-0.2, -0.15) is 0 Å². The Morgan fingerprint density at radius 3 is 2.47 bits per heavy atom. The number of alkyl halides is 1. The van der Waals surface area contributed by atoms with Crippen LogP contribution in [0, 0.1) is 0 Å². The monoisotopic (exact) mass is 226 g/mol. The van der Waals surface area contributed by atoms with Gasteiger partial charge < -0.3 is 4.74 Å². The van der Waals surface area contributed by atoms with Crippen LogP contribution >= 0.6 is 11.6 Å². The molecule has 0 N–H and O–H groups in total. The van der Waals surface area contributed by atoms with Crippen LogP contribution in [0.1, 0.15) is 36.2 Å². The number of ether oxygens (including phenoxy) is 1. The number of hydrogen-bond acceptors (Lipinski definition) is 2. The van der Waals surface area contributed by atoms with Crippen LogP contribution in [0.15, 0.2) is 24.3 Å². The zero-order valence-corrected chi connectivity index (χ0v) is 9.75. The Balaban J connectivity index is 2.66. The van der Waals surface area contributed by atoms with Crippen LogP contribution in [0.5, 0.6) is 0 Å². The number of hydrogen-bond donors (Lipinski definition) is 0. The second kappa shape index (κ2) is 5.76. The number of carbonyl (C=O) groups is 1. The lowest BCUT2D eigenvalue weighted by atomic mass is 10.1. The van der Waals surface area contributed by atoms with Crippen molar-refractivity contribution in [3.8, 4) is 0 Å². The zero-order valence-electron chi connectivity index (χ0n) is 9.00. The summed E-state index contributed by atoms with van der Waals surface area (Å²) in [6, 6.07) is 7.14. The summed E-state index contributed by atoms with van der Waals surface area (Å²) >= 11 is 5.65. The molecule has 0 aromatic heterocycles. The van der Waals surface area contributed by atoms with Crippen molar-refractivity contribution in [1.82, 2.24) is 0 Å². The summed E-state index contributed by atoms with van der Waals surface area (Å²) in [7, 11) is 0. The fourth-order valence-electron chi connectivity index (χ4n) is 1.06. The predicted octanol–water partition coefficient (Wildman–Crippen LogP) is 3.38. The smallest absolute Gasteiger partial charge is 0.338 e. The van der Waals surface area contributed by atoms with Crippen molar-refractivity contribution in [3.63, 3.8) is 0 Å². The molecule has 0 amide bonds. The highest BCUT2D eigenvalue weighted by atomic mass is 35.5. The van der Waals surface area contributed by atoms with Gasteiger partial charge in [-0.25, -0.2) is 4.79 Å². The van der Waals surface area contributed by atoms with Crippen LogP contribution in [0.2, 0.25) is 0 Å². The Labute approximate surface area is 95.2 Å². The minimum atomic E-state index is -0.273. The van der Waals surface area contributed by atoms with Gasteiger partial charge in [-0.1, -0.05) is 19.1 Å². The van der Waals surface area contributed by atoms with Crippen LogP contribution in [0.4, 0.5) is 0 Å². The molecule has 0 fully saturated rings. The van der Waals surface area contributed by atoms with E-state index in [-0.39, 0.29) is 12.1 Å². The molecule has 1 aromatic carbocycles. The first kappa shape index (κ1) is 12.1. The third-order valence-electron chi connectivity index (χ3n) is 2.23. The molecule has 0 aliphatic rings. The van der Waals surface area contributed by atoms with Gasteiger partial charge in [-0.3, -0.25) is 0 Å². The maximum atomic E-state index is 11.6. The average Bonchev–Trinajstić information content (AvgIpc) is 2.29. The summed E-state index contributed by atoms with van der Waals surface area (Å²) in [5, 5.41) is 0. The molecule has 82 valence electrons. The zero-order chi connectivity index (χ0) is 11.3. The minimum Gasteiger partial charge on any atom is -0.459 e. The second-order valence-electron chi connectivity index (χ2n) is 3.45. The van der Waals surface area contributed by atoms with Gasteiger partial charge >= 0.3 is 5.97 Å². The van der Waals surface area contributed by atoms with Gasteiger partial charge in [-0.05, 0) is 31.0 Å². The van der Waals surface area contributed by atoms with E-state index in [0.29, 0.717) is 11.4 Å². The van der Waals surface area contributed by atoms with E-state index in [0.717, 1.165) is 12.0 Å². The molecule has 1 rings (SSSR count). The minimum absolute atomic E-state index is 0.0368. The first-order valence-corrected chi connectivity index (χ1v) is 5.56. The number of carbonyl (C=O) groups excluding carboxylic acids is 1. The van der Waals surface area contributed by atoms with Crippen LogP contribution < -0.4 is 0 Å². The molecule has 0 saturated heterocycles. The van der Waals surface area contributed by atoms with Crippen LogP contribution in [0.3, 0.4) is 0 Å². The van der Waals surface area contributed by atoms with Gasteiger partial charge in [0, 0.05) is 5.88 Å². The quantitative estimate of drug-likeness (QED) is 0.581. The number of halogens is 1. The van der Waals surface area contributed by atoms with E-state index in [1.165, 1.54) is 0 Å². The molecule has 0 bridgehead atoms. The molecule has 2 nitrogen and oxygen atoms in total. The molecular formula is C12H15ClO2. The maximum Gasteiger partial charge on any atom is 0.338 e. The molecule has 0 radical (unpaired) electrons. The molecule has 1 atom stereocenters. The highest BCUT2D eigenvalue weighted by Gasteiger charge is 2.09. The van der Waals surface area contributed by atoms with Crippen molar-refractivity contribution in [2.45, 2.75) is 32.3 Å². The van der Waals surface area contributed by atoms with E-state index < -0.39 is 0 Å².